The highest BCUT2D eigenvalue weighted by atomic mass is 16.3. The van der Waals surface area contributed by atoms with Gasteiger partial charge in [-0.25, -0.2) is 0 Å². The molecule has 0 aliphatic carbocycles. The molecule has 0 aliphatic rings. The van der Waals surface area contributed by atoms with Gasteiger partial charge in [0.05, 0.1) is 0 Å². The second kappa shape index (κ2) is 4.42. The van der Waals surface area contributed by atoms with Crippen molar-refractivity contribution in [3.05, 3.63) is 66.5 Å². The van der Waals surface area contributed by atoms with E-state index in [0.717, 1.165) is 17.4 Å². The van der Waals surface area contributed by atoms with Gasteiger partial charge in [0, 0.05) is 47.8 Å². The summed E-state index contributed by atoms with van der Waals surface area (Å²) in [5.74, 6) is 0.311. The lowest BCUT2D eigenvalue weighted by Crippen LogP contribution is -1.96. The third-order valence-electron chi connectivity index (χ3n) is 4.07. The summed E-state index contributed by atoms with van der Waals surface area (Å²) in [7, 11) is 2.08. The lowest BCUT2D eigenvalue weighted by Gasteiger charge is -2.05. The van der Waals surface area contributed by atoms with Gasteiger partial charge in [-0.3, -0.25) is 0 Å². The molecule has 4 rings (SSSR count). The average molecular weight is 276 g/mol. The zero-order valence-electron chi connectivity index (χ0n) is 11.8. The molecule has 0 fully saturated rings. The van der Waals surface area contributed by atoms with E-state index in [4.69, 9.17) is 0 Å². The van der Waals surface area contributed by atoms with Crippen molar-refractivity contribution < 1.29 is 5.11 Å². The number of para-hydroxylation sites is 1. The van der Waals surface area contributed by atoms with Crippen LogP contribution in [-0.4, -0.2) is 14.2 Å². The molecule has 2 heterocycles. The van der Waals surface area contributed by atoms with E-state index in [0.29, 0.717) is 5.75 Å². The summed E-state index contributed by atoms with van der Waals surface area (Å²) in [6.45, 7) is 0.829. The van der Waals surface area contributed by atoms with Crippen molar-refractivity contribution in [1.82, 2.24) is 9.13 Å². The predicted octanol–water partition coefficient (Wildman–Crippen LogP) is 3.89. The summed E-state index contributed by atoms with van der Waals surface area (Å²) in [4.78, 5) is 0. The van der Waals surface area contributed by atoms with Crippen LogP contribution in [0, 0.1) is 0 Å². The highest BCUT2D eigenvalue weighted by Gasteiger charge is 2.08. The minimum Gasteiger partial charge on any atom is -0.508 e. The van der Waals surface area contributed by atoms with Gasteiger partial charge in [-0.2, -0.15) is 0 Å². The third kappa shape index (κ3) is 1.89. The Kier molecular flexibility index (Phi) is 2.54. The van der Waals surface area contributed by atoms with E-state index in [1.54, 1.807) is 12.1 Å². The Morgan fingerprint density at radius 2 is 1.86 bits per heavy atom. The third-order valence-corrected chi connectivity index (χ3v) is 4.07. The number of fused-ring (bicyclic) bond motifs is 2. The van der Waals surface area contributed by atoms with Gasteiger partial charge in [0.2, 0.25) is 0 Å². The maximum Gasteiger partial charge on any atom is 0.116 e. The number of aromatic hydroxyl groups is 1. The molecule has 2 aromatic heterocycles. The summed E-state index contributed by atoms with van der Waals surface area (Å²) in [5.41, 5.74) is 3.70. The highest BCUT2D eigenvalue weighted by molar-refractivity contribution is 5.85. The SMILES string of the molecule is Cn1cc(Cn2ccc3cc(O)ccc32)c2ccccc21. The first kappa shape index (κ1) is 12.1. The van der Waals surface area contributed by atoms with Crippen molar-refractivity contribution in [2.24, 2.45) is 7.05 Å². The maximum atomic E-state index is 9.56. The average Bonchev–Trinajstić information content (AvgIpc) is 3.02. The number of phenols is 1. The van der Waals surface area contributed by atoms with E-state index >= 15 is 0 Å². The largest absolute Gasteiger partial charge is 0.508 e. The number of rotatable bonds is 2. The molecule has 0 bridgehead atoms. The minimum atomic E-state index is 0.311. The molecule has 1 N–H and O–H groups in total. The van der Waals surface area contributed by atoms with Crippen LogP contribution < -0.4 is 0 Å². The fourth-order valence-corrected chi connectivity index (χ4v) is 3.06. The lowest BCUT2D eigenvalue weighted by atomic mass is 10.2. The number of aromatic nitrogens is 2. The molecule has 0 spiro atoms. The zero-order valence-corrected chi connectivity index (χ0v) is 11.8. The fourth-order valence-electron chi connectivity index (χ4n) is 3.06. The molecule has 0 radical (unpaired) electrons. The van der Waals surface area contributed by atoms with Crippen molar-refractivity contribution >= 4 is 21.8 Å². The molecular weight excluding hydrogens is 260 g/mol. The monoisotopic (exact) mass is 276 g/mol. The van der Waals surface area contributed by atoms with Gasteiger partial charge < -0.3 is 14.2 Å². The van der Waals surface area contributed by atoms with Crippen LogP contribution in [0.2, 0.25) is 0 Å². The van der Waals surface area contributed by atoms with E-state index in [9.17, 15) is 5.11 Å². The normalized spacial score (nSPS) is 11.5. The molecule has 3 heteroatoms. The quantitative estimate of drug-likeness (QED) is 0.591. The molecule has 2 aromatic carbocycles. The van der Waals surface area contributed by atoms with Gasteiger partial charge in [-0.05, 0) is 35.9 Å². The van der Waals surface area contributed by atoms with Gasteiger partial charge in [0.1, 0.15) is 5.75 Å². The van der Waals surface area contributed by atoms with Gasteiger partial charge in [0.25, 0.3) is 0 Å². The molecule has 21 heavy (non-hydrogen) atoms. The minimum absolute atomic E-state index is 0.311. The van der Waals surface area contributed by atoms with Crippen molar-refractivity contribution in [3.8, 4) is 5.75 Å². The van der Waals surface area contributed by atoms with Crippen LogP contribution in [0.3, 0.4) is 0 Å². The second-order valence-electron chi connectivity index (χ2n) is 5.47. The van der Waals surface area contributed by atoms with E-state index in [1.165, 1.54) is 16.5 Å². The molecule has 0 atom stereocenters. The lowest BCUT2D eigenvalue weighted by molar-refractivity contribution is 0.476. The number of hydrogen-bond donors (Lipinski definition) is 1. The topological polar surface area (TPSA) is 30.1 Å². The molecular formula is C18H16N2O. The molecule has 0 saturated carbocycles. The van der Waals surface area contributed by atoms with Crippen LogP contribution in [0.5, 0.6) is 5.75 Å². The van der Waals surface area contributed by atoms with Crippen LogP contribution in [0.4, 0.5) is 0 Å². The fraction of sp³-hybridized carbons (Fsp3) is 0.111. The summed E-state index contributed by atoms with van der Waals surface area (Å²) < 4.78 is 4.39. The van der Waals surface area contributed by atoms with Crippen LogP contribution in [-0.2, 0) is 13.6 Å². The summed E-state index contributed by atoms with van der Waals surface area (Å²) in [6.07, 6.45) is 4.27. The van der Waals surface area contributed by atoms with E-state index in [-0.39, 0.29) is 0 Å². The van der Waals surface area contributed by atoms with Crippen molar-refractivity contribution in [3.63, 3.8) is 0 Å². The molecule has 0 aliphatic heterocycles. The van der Waals surface area contributed by atoms with Crippen LogP contribution in [0.25, 0.3) is 21.8 Å². The van der Waals surface area contributed by atoms with Gasteiger partial charge in [-0.1, -0.05) is 18.2 Å². The molecule has 0 amide bonds. The first-order valence-corrected chi connectivity index (χ1v) is 7.03. The van der Waals surface area contributed by atoms with Crippen molar-refractivity contribution in [1.29, 1.82) is 0 Å². The molecule has 0 saturated heterocycles. The number of hydrogen-bond acceptors (Lipinski definition) is 1. The second-order valence-corrected chi connectivity index (χ2v) is 5.47. The Labute approximate surface area is 122 Å². The standard InChI is InChI=1S/C18H16N2O/c1-19-11-14(16-4-2-3-5-18(16)19)12-20-9-8-13-10-15(21)6-7-17(13)20/h2-11,21H,12H2,1H3. The summed E-state index contributed by atoms with van der Waals surface area (Å²) >= 11 is 0. The molecule has 3 nitrogen and oxygen atoms in total. The Hall–Kier alpha value is -2.68. The Morgan fingerprint density at radius 3 is 2.76 bits per heavy atom. The van der Waals surface area contributed by atoms with Crippen LogP contribution in [0.15, 0.2) is 60.9 Å². The van der Waals surface area contributed by atoms with E-state index in [1.807, 2.05) is 12.1 Å². The van der Waals surface area contributed by atoms with E-state index < -0.39 is 0 Å². The number of nitrogens with zero attached hydrogens (tertiary/aromatic N) is 2. The molecule has 104 valence electrons. The Morgan fingerprint density at radius 1 is 1.00 bits per heavy atom. The maximum absolute atomic E-state index is 9.56. The Bertz CT molecular complexity index is 946. The number of benzene rings is 2. The highest BCUT2D eigenvalue weighted by Crippen LogP contribution is 2.25. The first-order chi connectivity index (χ1) is 10.2. The van der Waals surface area contributed by atoms with Gasteiger partial charge >= 0.3 is 0 Å². The van der Waals surface area contributed by atoms with E-state index in [2.05, 4.69) is 52.8 Å². The summed E-state index contributed by atoms with van der Waals surface area (Å²) in [6, 6.07) is 16.0. The number of aryl methyl sites for hydroxylation is 1. The van der Waals surface area contributed by atoms with Crippen molar-refractivity contribution in [2.75, 3.05) is 0 Å². The van der Waals surface area contributed by atoms with Crippen LogP contribution in [0.1, 0.15) is 5.56 Å². The predicted molar refractivity (Wildman–Crippen MR) is 85.6 cm³/mol. The summed E-state index contributed by atoms with van der Waals surface area (Å²) in [5, 5.41) is 11.9. The Balaban J connectivity index is 1.83. The van der Waals surface area contributed by atoms with Crippen molar-refractivity contribution in [2.45, 2.75) is 6.54 Å². The molecule has 4 aromatic rings. The van der Waals surface area contributed by atoms with Gasteiger partial charge in [0.15, 0.2) is 0 Å². The number of phenolic OH excluding ortho intramolecular Hbond substituents is 1. The first-order valence-electron chi connectivity index (χ1n) is 7.03. The van der Waals surface area contributed by atoms with Gasteiger partial charge in [-0.15, -0.1) is 0 Å². The smallest absolute Gasteiger partial charge is 0.116 e. The van der Waals surface area contributed by atoms with Crippen LogP contribution >= 0.6 is 0 Å². The zero-order chi connectivity index (χ0) is 14.4. The molecule has 0 unspecified atom stereocenters.